The summed E-state index contributed by atoms with van der Waals surface area (Å²) >= 11 is 12.3. The molecule has 9 heteroatoms. The predicted molar refractivity (Wildman–Crippen MR) is 116 cm³/mol. The van der Waals surface area contributed by atoms with Crippen LogP contribution in [0.5, 0.6) is 5.75 Å². The maximum Gasteiger partial charge on any atom is 0.293 e. The van der Waals surface area contributed by atoms with E-state index < -0.39 is 11.8 Å². The number of carbonyl (C=O) groups is 2. The minimum Gasteiger partial charge on any atom is -0.484 e. The van der Waals surface area contributed by atoms with Crippen LogP contribution < -0.4 is 15.8 Å². The summed E-state index contributed by atoms with van der Waals surface area (Å²) in [6, 6.07) is 10.1. The van der Waals surface area contributed by atoms with Crippen LogP contribution in [-0.2, 0) is 4.79 Å². The maximum atomic E-state index is 12.8. The fraction of sp³-hybridized carbons (Fsp3) is 0.143. The number of primary amides is 1. The molecule has 1 heterocycles. The molecule has 2 aromatic carbocycles. The lowest BCUT2D eigenvalue weighted by molar-refractivity contribution is -0.119. The first-order valence-corrected chi connectivity index (χ1v) is 9.62. The number of aromatic nitrogens is 2. The van der Waals surface area contributed by atoms with E-state index in [1.54, 1.807) is 36.4 Å². The Morgan fingerprint density at radius 1 is 1.10 bits per heavy atom. The van der Waals surface area contributed by atoms with Crippen molar-refractivity contribution in [2.45, 2.75) is 13.8 Å². The third-order valence-corrected chi connectivity index (χ3v) is 4.75. The fourth-order valence-corrected chi connectivity index (χ4v) is 3.23. The number of carbonyl (C=O) groups excluding carboxylic acids is 2. The molecule has 0 aliphatic rings. The number of rotatable bonds is 6. The van der Waals surface area contributed by atoms with Gasteiger partial charge in [0, 0.05) is 22.5 Å². The molecule has 0 unspecified atom stereocenters. The van der Waals surface area contributed by atoms with Gasteiger partial charge in [0.1, 0.15) is 5.75 Å². The van der Waals surface area contributed by atoms with Crippen LogP contribution >= 0.6 is 23.2 Å². The minimum absolute atomic E-state index is 0.0172. The second kappa shape index (κ2) is 9.11. The summed E-state index contributed by atoms with van der Waals surface area (Å²) in [6.45, 7) is 3.39. The Kier molecular flexibility index (Phi) is 6.54. The number of amides is 2. The van der Waals surface area contributed by atoms with Gasteiger partial charge in [-0.3, -0.25) is 9.59 Å². The molecule has 30 heavy (non-hydrogen) atoms. The van der Waals surface area contributed by atoms with Gasteiger partial charge in [-0.05, 0) is 61.4 Å². The number of halogens is 2. The van der Waals surface area contributed by atoms with Crippen molar-refractivity contribution in [2.24, 2.45) is 5.73 Å². The second-order valence-corrected chi connectivity index (χ2v) is 7.37. The third kappa shape index (κ3) is 5.06. The fourth-order valence-electron chi connectivity index (χ4n) is 2.84. The SMILES string of the molecule is Cc1cc(OCC(N)=O)cc(C)c1NC(=O)c1nccc(-c2cc(Cl)ccc2Cl)n1. The number of nitrogens with one attached hydrogen (secondary N) is 1. The minimum atomic E-state index is -0.570. The number of nitrogens with zero attached hydrogens (tertiary/aromatic N) is 2. The Labute approximate surface area is 183 Å². The Balaban J connectivity index is 1.85. The zero-order chi connectivity index (χ0) is 21.8. The van der Waals surface area contributed by atoms with Crippen molar-refractivity contribution in [1.29, 1.82) is 0 Å². The van der Waals surface area contributed by atoms with E-state index in [1.165, 1.54) is 6.20 Å². The normalized spacial score (nSPS) is 10.5. The molecule has 0 fully saturated rings. The van der Waals surface area contributed by atoms with Gasteiger partial charge in [0.25, 0.3) is 11.8 Å². The third-order valence-electron chi connectivity index (χ3n) is 4.19. The van der Waals surface area contributed by atoms with Gasteiger partial charge in [0.2, 0.25) is 5.82 Å². The van der Waals surface area contributed by atoms with E-state index in [0.29, 0.717) is 32.7 Å². The highest BCUT2D eigenvalue weighted by Crippen LogP contribution is 2.30. The summed E-state index contributed by atoms with van der Waals surface area (Å²) in [5, 5.41) is 3.79. The molecule has 0 spiro atoms. The first-order chi connectivity index (χ1) is 14.2. The van der Waals surface area contributed by atoms with E-state index in [1.807, 2.05) is 13.8 Å². The number of hydrogen-bond donors (Lipinski definition) is 2. The Hall–Kier alpha value is -3.16. The van der Waals surface area contributed by atoms with Crippen LogP contribution in [0, 0.1) is 13.8 Å². The van der Waals surface area contributed by atoms with Crippen molar-refractivity contribution in [1.82, 2.24) is 9.97 Å². The topological polar surface area (TPSA) is 107 Å². The van der Waals surface area contributed by atoms with Gasteiger partial charge in [-0.1, -0.05) is 23.2 Å². The smallest absolute Gasteiger partial charge is 0.293 e. The average molecular weight is 445 g/mol. The van der Waals surface area contributed by atoms with Crippen LogP contribution in [0.25, 0.3) is 11.3 Å². The molecule has 1 aromatic heterocycles. The van der Waals surface area contributed by atoms with Crippen LogP contribution in [0.2, 0.25) is 10.0 Å². The zero-order valence-electron chi connectivity index (χ0n) is 16.2. The lowest BCUT2D eigenvalue weighted by atomic mass is 10.1. The largest absolute Gasteiger partial charge is 0.484 e. The summed E-state index contributed by atoms with van der Waals surface area (Å²) in [5.74, 6) is -0.585. The van der Waals surface area contributed by atoms with Crippen LogP contribution in [-0.4, -0.2) is 28.4 Å². The van der Waals surface area contributed by atoms with E-state index in [9.17, 15) is 9.59 Å². The molecule has 7 nitrogen and oxygen atoms in total. The molecule has 3 aromatic rings. The number of hydrogen-bond acceptors (Lipinski definition) is 5. The summed E-state index contributed by atoms with van der Waals surface area (Å²) in [6.07, 6.45) is 1.48. The number of ether oxygens (including phenoxy) is 1. The van der Waals surface area contributed by atoms with Crippen molar-refractivity contribution in [3.05, 3.63) is 69.6 Å². The lowest BCUT2D eigenvalue weighted by Crippen LogP contribution is -2.20. The molecule has 0 aliphatic carbocycles. The standard InChI is InChI=1S/C21H18Cl2N4O3/c1-11-7-14(30-10-18(24)28)8-12(2)19(11)27-21(29)20-25-6-5-17(26-20)15-9-13(22)3-4-16(15)23/h3-9H,10H2,1-2H3,(H2,24,28)(H,27,29). The first-order valence-electron chi connectivity index (χ1n) is 8.87. The lowest BCUT2D eigenvalue weighted by Gasteiger charge is -2.14. The molecule has 0 saturated carbocycles. The van der Waals surface area contributed by atoms with Crippen molar-refractivity contribution in [3.63, 3.8) is 0 Å². The van der Waals surface area contributed by atoms with Gasteiger partial charge in [-0.25, -0.2) is 9.97 Å². The summed E-state index contributed by atoms with van der Waals surface area (Å²) in [4.78, 5) is 32.0. The number of anilines is 1. The van der Waals surface area contributed by atoms with Crippen molar-refractivity contribution >= 4 is 40.7 Å². The monoisotopic (exact) mass is 444 g/mol. The molecule has 0 saturated heterocycles. The maximum absolute atomic E-state index is 12.8. The van der Waals surface area contributed by atoms with Gasteiger partial charge in [-0.2, -0.15) is 0 Å². The highest BCUT2D eigenvalue weighted by molar-refractivity contribution is 6.35. The van der Waals surface area contributed by atoms with Crippen LogP contribution in [0.4, 0.5) is 5.69 Å². The molecule has 0 aliphatic heterocycles. The quantitative estimate of drug-likeness (QED) is 0.592. The van der Waals surface area contributed by atoms with Crippen LogP contribution in [0.1, 0.15) is 21.7 Å². The van der Waals surface area contributed by atoms with Crippen LogP contribution in [0.15, 0.2) is 42.6 Å². The molecule has 3 N–H and O–H groups in total. The molecule has 3 rings (SSSR count). The average Bonchev–Trinajstić information content (AvgIpc) is 2.71. The number of benzene rings is 2. The van der Waals surface area contributed by atoms with Crippen LogP contribution in [0.3, 0.4) is 0 Å². The van der Waals surface area contributed by atoms with Crippen molar-refractivity contribution in [2.75, 3.05) is 11.9 Å². The molecular formula is C21H18Cl2N4O3. The van der Waals surface area contributed by atoms with Crippen molar-refractivity contribution in [3.8, 4) is 17.0 Å². The van der Waals surface area contributed by atoms with E-state index in [2.05, 4.69) is 15.3 Å². The molecule has 0 bridgehead atoms. The van der Waals surface area contributed by atoms with Gasteiger partial charge >= 0.3 is 0 Å². The summed E-state index contributed by atoms with van der Waals surface area (Å²) < 4.78 is 5.32. The number of nitrogens with two attached hydrogens (primary N) is 1. The molecule has 2 amide bonds. The Morgan fingerprint density at radius 2 is 1.80 bits per heavy atom. The van der Waals surface area contributed by atoms with E-state index >= 15 is 0 Å². The molecule has 0 radical (unpaired) electrons. The summed E-state index contributed by atoms with van der Waals surface area (Å²) in [5.41, 5.74) is 8.27. The molecule has 0 atom stereocenters. The van der Waals surface area contributed by atoms with E-state index in [-0.39, 0.29) is 12.4 Å². The highest BCUT2D eigenvalue weighted by atomic mass is 35.5. The van der Waals surface area contributed by atoms with E-state index in [0.717, 1.165) is 11.1 Å². The zero-order valence-corrected chi connectivity index (χ0v) is 17.7. The van der Waals surface area contributed by atoms with Gasteiger partial charge < -0.3 is 15.8 Å². The van der Waals surface area contributed by atoms with Gasteiger partial charge in [0.15, 0.2) is 6.61 Å². The first kappa shape index (κ1) is 21.5. The van der Waals surface area contributed by atoms with Gasteiger partial charge in [-0.15, -0.1) is 0 Å². The predicted octanol–water partition coefficient (Wildman–Crippen LogP) is 4.18. The molecule has 154 valence electrons. The Bertz CT molecular complexity index is 1110. The second-order valence-electron chi connectivity index (χ2n) is 6.53. The summed E-state index contributed by atoms with van der Waals surface area (Å²) in [7, 11) is 0. The van der Waals surface area contributed by atoms with Gasteiger partial charge in [0.05, 0.1) is 10.7 Å². The molecular weight excluding hydrogens is 427 g/mol. The Morgan fingerprint density at radius 3 is 2.47 bits per heavy atom. The highest BCUT2D eigenvalue weighted by Gasteiger charge is 2.16. The van der Waals surface area contributed by atoms with E-state index in [4.69, 9.17) is 33.7 Å². The number of aryl methyl sites for hydroxylation is 2. The van der Waals surface area contributed by atoms with Crippen molar-refractivity contribution < 1.29 is 14.3 Å².